The predicted octanol–water partition coefficient (Wildman–Crippen LogP) is 3.16. The molecule has 1 aliphatic rings. The van der Waals surface area contributed by atoms with E-state index < -0.39 is 16.1 Å². The molecule has 2 amide bonds. The fraction of sp³-hybridized carbons (Fsp3) is 0.211. The maximum Gasteiger partial charge on any atom is 0.344 e. The molecule has 0 saturated heterocycles. The largest absolute Gasteiger partial charge is 0.497 e. The van der Waals surface area contributed by atoms with E-state index in [4.69, 9.17) is 9.26 Å². The van der Waals surface area contributed by atoms with Crippen LogP contribution >= 0.6 is 0 Å². The van der Waals surface area contributed by atoms with Crippen molar-refractivity contribution in [3.8, 4) is 5.75 Å². The lowest BCUT2D eigenvalue weighted by Gasteiger charge is -2.35. The molecule has 10 heteroatoms. The van der Waals surface area contributed by atoms with Crippen LogP contribution in [0.4, 0.5) is 16.3 Å². The van der Waals surface area contributed by atoms with Gasteiger partial charge in [0.2, 0.25) is 0 Å². The van der Waals surface area contributed by atoms with E-state index in [0.29, 0.717) is 28.5 Å². The Balaban J connectivity index is 1.89. The smallest absolute Gasteiger partial charge is 0.344 e. The van der Waals surface area contributed by atoms with Crippen LogP contribution in [-0.2, 0) is 16.6 Å². The van der Waals surface area contributed by atoms with Gasteiger partial charge in [-0.05, 0) is 38.1 Å². The molecule has 1 aromatic carbocycles. The number of carbonyl (C=O) groups is 1. The lowest BCUT2D eigenvalue weighted by molar-refractivity contribution is 0.229. The molecule has 0 radical (unpaired) electrons. The lowest BCUT2D eigenvalue weighted by atomic mass is 10.2. The average molecular weight is 414 g/mol. The molecule has 4 rings (SSSR count). The van der Waals surface area contributed by atoms with Crippen LogP contribution in [-0.4, -0.2) is 36.0 Å². The highest BCUT2D eigenvalue weighted by atomic mass is 32.2. The number of anilines is 2. The lowest BCUT2D eigenvalue weighted by Crippen LogP contribution is -2.48. The number of aromatic nitrogens is 2. The Labute approximate surface area is 167 Å². The third-order valence-corrected chi connectivity index (χ3v) is 6.47. The Bertz CT molecular complexity index is 1190. The van der Waals surface area contributed by atoms with Gasteiger partial charge in [0.05, 0.1) is 25.0 Å². The van der Waals surface area contributed by atoms with Crippen molar-refractivity contribution in [2.45, 2.75) is 25.3 Å². The third kappa shape index (κ3) is 3.01. The number of benzene rings is 1. The molecule has 2 aromatic heterocycles. The van der Waals surface area contributed by atoms with Crippen LogP contribution in [0.2, 0.25) is 0 Å². The quantitative estimate of drug-likeness (QED) is 0.645. The van der Waals surface area contributed by atoms with Crippen molar-refractivity contribution in [3.63, 3.8) is 0 Å². The van der Waals surface area contributed by atoms with Crippen molar-refractivity contribution in [2.75, 3.05) is 12.0 Å². The summed E-state index contributed by atoms with van der Waals surface area (Å²) in [6, 6.07) is 8.97. The molecular weight excluding hydrogens is 396 g/mol. The van der Waals surface area contributed by atoms with Gasteiger partial charge in [0, 0.05) is 17.8 Å². The molecule has 150 valence electrons. The van der Waals surface area contributed by atoms with Gasteiger partial charge in [-0.15, -0.1) is 0 Å². The molecule has 0 aliphatic carbocycles. The molecule has 3 heterocycles. The molecular formula is C19H18N4O5S. The zero-order valence-electron chi connectivity index (χ0n) is 16.0. The number of aryl methyl sites for hydroxylation is 2. The summed E-state index contributed by atoms with van der Waals surface area (Å²) >= 11 is 0. The van der Waals surface area contributed by atoms with E-state index >= 15 is 0 Å². The van der Waals surface area contributed by atoms with Gasteiger partial charge in [-0.2, -0.15) is 0 Å². The van der Waals surface area contributed by atoms with Crippen molar-refractivity contribution in [1.82, 2.24) is 14.4 Å². The van der Waals surface area contributed by atoms with Crippen LogP contribution in [0.5, 0.6) is 5.75 Å². The first kappa shape index (κ1) is 18.9. The molecule has 9 nitrogen and oxygen atoms in total. The first-order valence-electron chi connectivity index (χ1n) is 8.72. The minimum Gasteiger partial charge on any atom is -0.497 e. The van der Waals surface area contributed by atoms with Crippen molar-refractivity contribution < 1.29 is 22.5 Å². The van der Waals surface area contributed by atoms with Crippen LogP contribution in [0, 0.1) is 13.8 Å². The summed E-state index contributed by atoms with van der Waals surface area (Å²) in [5, 5.41) is 3.85. The Kier molecular flexibility index (Phi) is 4.50. The summed E-state index contributed by atoms with van der Waals surface area (Å²) in [6.07, 6.45) is 1.44. The van der Waals surface area contributed by atoms with Gasteiger partial charge >= 0.3 is 6.03 Å². The summed E-state index contributed by atoms with van der Waals surface area (Å²) < 4.78 is 37.6. The fourth-order valence-corrected chi connectivity index (χ4v) is 4.63. The third-order valence-electron chi connectivity index (χ3n) is 4.73. The maximum atomic E-state index is 13.4. The number of ether oxygens (including phenoxy) is 1. The summed E-state index contributed by atoms with van der Waals surface area (Å²) in [6.45, 7) is 3.17. The average Bonchev–Trinajstić information content (AvgIpc) is 3.03. The monoisotopic (exact) mass is 414 g/mol. The van der Waals surface area contributed by atoms with Crippen molar-refractivity contribution >= 4 is 27.6 Å². The summed E-state index contributed by atoms with van der Waals surface area (Å²) in [5.74, 6) is 1.02. The number of urea groups is 1. The summed E-state index contributed by atoms with van der Waals surface area (Å²) in [4.78, 5) is 18.8. The first-order chi connectivity index (χ1) is 13.8. The number of hydrogen-bond acceptors (Lipinski definition) is 7. The highest BCUT2D eigenvalue weighted by Crippen LogP contribution is 2.39. The highest BCUT2D eigenvalue weighted by Gasteiger charge is 2.43. The van der Waals surface area contributed by atoms with E-state index in [0.717, 1.165) is 4.31 Å². The van der Waals surface area contributed by atoms with Crippen LogP contribution in [0.3, 0.4) is 0 Å². The van der Waals surface area contributed by atoms with Gasteiger partial charge < -0.3 is 9.26 Å². The zero-order valence-corrected chi connectivity index (χ0v) is 16.8. The van der Waals surface area contributed by atoms with Gasteiger partial charge in [-0.25, -0.2) is 27.4 Å². The number of rotatable bonds is 4. The van der Waals surface area contributed by atoms with Crippen molar-refractivity contribution in [3.05, 3.63) is 59.6 Å². The second kappa shape index (κ2) is 6.89. The Hall–Kier alpha value is -3.40. The number of amides is 2. The van der Waals surface area contributed by atoms with Gasteiger partial charge in [-0.3, -0.25) is 0 Å². The maximum absolute atomic E-state index is 13.4. The van der Waals surface area contributed by atoms with Crippen molar-refractivity contribution in [2.24, 2.45) is 0 Å². The molecule has 0 saturated carbocycles. The van der Waals surface area contributed by atoms with E-state index in [9.17, 15) is 13.2 Å². The SMILES string of the molecule is COc1cccc(N2C(=O)N(Cc3c(C)noc3C)S(=O)(=O)c3cccnc32)c1. The second-order valence-electron chi connectivity index (χ2n) is 6.46. The van der Waals surface area contributed by atoms with E-state index in [1.807, 2.05) is 0 Å². The Morgan fingerprint density at radius 2 is 1.97 bits per heavy atom. The normalized spacial score (nSPS) is 15.3. The fourth-order valence-electron chi connectivity index (χ4n) is 3.18. The summed E-state index contributed by atoms with van der Waals surface area (Å²) in [5.41, 5.74) is 1.50. The molecule has 0 atom stereocenters. The van der Waals surface area contributed by atoms with Gasteiger partial charge in [0.15, 0.2) is 5.82 Å². The number of nitrogens with zero attached hydrogens (tertiary/aromatic N) is 4. The molecule has 3 aromatic rings. The number of carbonyl (C=O) groups excluding carboxylic acids is 1. The topological polar surface area (TPSA) is 106 Å². The molecule has 0 fully saturated rings. The van der Waals surface area contributed by atoms with Crippen LogP contribution in [0.15, 0.2) is 52.0 Å². The first-order valence-corrected chi connectivity index (χ1v) is 10.2. The Morgan fingerprint density at radius 1 is 1.17 bits per heavy atom. The zero-order chi connectivity index (χ0) is 20.8. The number of methoxy groups -OCH3 is 1. The highest BCUT2D eigenvalue weighted by molar-refractivity contribution is 7.90. The van der Waals surface area contributed by atoms with E-state index in [-0.39, 0.29) is 17.3 Å². The summed E-state index contributed by atoms with van der Waals surface area (Å²) in [7, 11) is -2.61. The van der Waals surface area contributed by atoms with Crippen LogP contribution < -0.4 is 9.64 Å². The Morgan fingerprint density at radius 3 is 2.66 bits per heavy atom. The molecule has 29 heavy (non-hydrogen) atoms. The van der Waals surface area contributed by atoms with Crippen molar-refractivity contribution in [1.29, 1.82) is 0 Å². The minimum atomic E-state index is -4.12. The minimum absolute atomic E-state index is 0.0424. The standard InChI is InChI=1S/C19H18N4O5S/c1-12-16(13(2)28-21-12)11-22-19(24)23(14-6-4-7-15(10-14)27-3)18-17(29(22,25)26)8-5-9-20-18/h4-10H,11H2,1-3H3. The molecule has 0 bridgehead atoms. The molecule has 1 aliphatic heterocycles. The van der Waals surface area contributed by atoms with Gasteiger partial charge in [-0.1, -0.05) is 11.2 Å². The second-order valence-corrected chi connectivity index (χ2v) is 8.29. The molecule has 0 unspecified atom stereocenters. The van der Waals surface area contributed by atoms with E-state index in [1.54, 1.807) is 38.1 Å². The molecule has 0 spiro atoms. The number of pyridine rings is 1. The number of sulfonamides is 1. The van der Waals surface area contributed by atoms with Crippen LogP contribution in [0.1, 0.15) is 17.0 Å². The molecule has 0 N–H and O–H groups in total. The van der Waals surface area contributed by atoms with E-state index in [2.05, 4.69) is 10.1 Å². The predicted molar refractivity (Wildman–Crippen MR) is 103 cm³/mol. The number of fused-ring (bicyclic) bond motifs is 1. The number of hydrogen-bond donors (Lipinski definition) is 0. The van der Waals surface area contributed by atoms with E-state index in [1.165, 1.54) is 30.3 Å². The van der Waals surface area contributed by atoms with Gasteiger partial charge in [0.1, 0.15) is 16.4 Å². The van der Waals surface area contributed by atoms with Crippen LogP contribution in [0.25, 0.3) is 0 Å². The van der Waals surface area contributed by atoms with Gasteiger partial charge in [0.25, 0.3) is 10.0 Å².